The predicted molar refractivity (Wildman–Crippen MR) is 55.5 cm³/mol. The Morgan fingerprint density at radius 2 is 1.87 bits per heavy atom. The molecule has 2 rings (SSSR count). The first-order chi connectivity index (χ1) is 7.24. The van der Waals surface area contributed by atoms with Crippen LogP contribution < -0.4 is 5.32 Å². The number of rotatable bonds is 3. The largest absolute Gasteiger partial charge is 0.313 e. The summed E-state index contributed by atoms with van der Waals surface area (Å²) < 4.78 is 27.1. The maximum Gasteiger partial charge on any atom is 0.130 e. The van der Waals surface area contributed by atoms with E-state index in [1.54, 1.807) is 7.05 Å². The monoisotopic (exact) mass is 211 g/mol. The molecule has 0 saturated heterocycles. The zero-order chi connectivity index (χ0) is 10.8. The molecule has 1 aliphatic rings. The van der Waals surface area contributed by atoms with Crippen molar-refractivity contribution in [1.29, 1.82) is 0 Å². The van der Waals surface area contributed by atoms with Gasteiger partial charge < -0.3 is 5.32 Å². The zero-order valence-electron chi connectivity index (χ0n) is 8.76. The van der Waals surface area contributed by atoms with Crippen LogP contribution in [0.5, 0.6) is 0 Å². The minimum Gasteiger partial charge on any atom is -0.313 e. The molecule has 1 nitrogen and oxygen atoms in total. The van der Waals surface area contributed by atoms with Crippen LogP contribution in [-0.4, -0.2) is 7.05 Å². The molecule has 0 aromatic heterocycles. The molecule has 0 heterocycles. The smallest absolute Gasteiger partial charge is 0.130 e. The molecule has 1 N–H and O–H groups in total. The van der Waals surface area contributed by atoms with Crippen molar-refractivity contribution < 1.29 is 8.78 Å². The summed E-state index contributed by atoms with van der Waals surface area (Å²) in [6.07, 6.45) is 3.28. The molecular formula is C12H15F2N. The van der Waals surface area contributed by atoms with E-state index in [4.69, 9.17) is 0 Å². The second kappa shape index (κ2) is 4.27. The van der Waals surface area contributed by atoms with E-state index in [1.807, 2.05) is 0 Å². The van der Waals surface area contributed by atoms with Gasteiger partial charge in [-0.3, -0.25) is 0 Å². The number of halogens is 2. The maximum atomic E-state index is 13.5. The Bertz CT molecular complexity index is 327. The Morgan fingerprint density at radius 1 is 1.27 bits per heavy atom. The molecule has 0 radical (unpaired) electrons. The van der Waals surface area contributed by atoms with Crippen molar-refractivity contribution in [3.05, 3.63) is 35.4 Å². The minimum atomic E-state index is -0.443. The topological polar surface area (TPSA) is 12.0 Å². The SMILES string of the molecule is CNC(c1c(F)cccc1F)C1CCC1. The van der Waals surface area contributed by atoms with E-state index in [0.29, 0.717) is 5.92 Å². The highest BCUT2D eigenvalue weighted by atomic mass is 19.1. The lowest BCUT2D eigenvalue weighted by Crippen LogP contribution is -2.31. The van der Waals surface area contributed by atoms with Gasteiger partial charge in [0.05, 0.1) is 0 Å². The second-order valence-corrected chi connectivity index (χ2v) is 4.09. The van der Waals surface area contributed by atoms with Gasteiger partial charge in [-0.25, -0.2) is 8.78 Å². The highest BCUT2D eigenvalue weighted by Crippen LogP contribution is 2.38. The summed E-state index contributed by atoms with van der Waals surface area (Å²) in [6, 6.07) is 3.87. The first kappa shape index (κ1) is 10.6. The van der Waals surface area contributed by atoms with Gasteiger partial charge in [-0.2, -0.15) is 0 Å². The van der Waals surface area contributed by atoms with Crippen molar-refractivity contribution in [2.75, 3.05) is 7.05 Å². The van der Waals surface area contributed by atoms with Gasteiger partial charge in [0.2, 0.25) is 0 Å². The van der Waals surface area contributed by atoms with E-state index in [1.165, 1.54) is 24.6 Å². The third kappa shape index (κ3) is 1.88. The van der Waals surface area contributed by atoms with E-state index in [2.05, 4.69) is 5.32 Å². The molecule has 1 fully saturated rings. The molecule has 0 amide bonds. The first-order valence-corrected chi connectivity index (χ1v) is 5.35. The molecular weight excluding hydrogens is 196 g/mol. The summed E-state index contributed by atoms with van der Waals surface area (Å²) in [6.45, 7) is 0. The Labute approximate surface area is 88.5 Å². The van der Waals surface area contributed by atoms with Crippen LogP contribution in [0, 0.1) is 17.6 Å². The summed E-state index contributed by atoms with van der Waals surface area (Å²) >= 11 is 0. The van der Waals surface area contributed by atoms with Gasteiger partial charge >= 0.3 is 0 Å². The normalized spacial score (nSPS) is 18.6. The van der Waals surface area contributed by atoms with Crippen LogP contribution >= 0.6 is 0 Å². The summed E-state index contributed by atoms with van der Waals surface area (Å²) in [7, 11) is 1.76. The third-order valence-electron chi connectivity index (χ3n) is 3.24. The molecule has 1 atom stereocenters. The van der Waals surface area contributed by atoms with Crippen LogP contribution in [0.15, 0.2) is 18.2 Å². The van der Waals surface area contributed by atoms with Crippen molar-refractivity contribution >= 4 is 0 Å². The van der Waals surface area contributed by atoms with Gasteiger partial charge in [0.25, 0.3) is 0 Å². The molecule has 3 heteroatoms. The van der Waals surface area contributed by atoms with Crippen molar-refractivity contribution in [2.45, 2.75) is 25.3 Å². The standard InChI is InChI=1S/C12H15F2N/c1-15-12(8-4-2-5-8)11-9(13)6-3-7-10(11)14/h3,6-8,12,15H,2,4-5H2,1H3. The Kier molecular flexibility index (Phi) is 3.00. The molecule has 0 bridgehead atoms. The molecule has 0 aliphatic heterocycles. The van der Waals surface area contributed by atoms with Crippen LogP contribution in [0.1, 0.15) is 30.9 Å². The van der Waals surface area contributed by atoms with Crippen molar-refractivity contribution in [1.82, 2.24) is 5.32 Å². The lowest BCUT2D eigenvalue weighted by Gasteiger charge is -2.34. The van der Waals surface area contributed by atoms with Gasteiger partial charge in [0.15, 0.2) is 0 Å². The highest BCUT2D eigenvalue weighted by molar-refractivity contribution is 5.24. The van der Waals surface area contributed by atoms with Gasteiger partial charge in [-0.05, 0) is 37.9 Å². The molecule has 1 unspecified atom stereocenters. The summed E-state index contributed by atoms with van der Waals surface area (Å²) in [5, 5.41) is 3.02. The summed E-state index contributed by atoms with van der Waals surface area (Å²) in [5.41, 5.74) is 0.199. The first-order valence-electron chi connectivity index (χ1n) is 5.35. The van der Waals surface area contributed by atoms with Crippen LogP contribution in [0.3, 0.4) is 0 Å². The Morgan fingerprint density at radius 3 is 2.27 bits per heavy atom. The van der Waals surface area contributed by atoms with Crippen LogP contribution in [0.4, 0.5) is 8.78 Å². The van der Waals surface area contributed by atoms with Gasteiger partial charge in [-0.15, -0.1) is 0 Å². The van der Waals surface area contributed by atoms with E-state index in [0.717, 1.165) is 12.8 Å². The van der Waals surface area contributed by atoms with E-state index in [-0.39, 0.29) is 11.6 Å². The fourth-order valence-corrected chi connectivity index (χ4v) is 2.20. The molecule has 1 aromatic carbocycles. The van der Waals surface area contributed by atoms with Crippen LogP contribution in [0.25, 0.3) is 0 Å². The average molecular weight is 211 g/mol. The number of hydrogen-bond acceptors (Lipinski definition) is 1. The third-order valence-corrected chi connectivity index (χ3v) is 3.24. The zero-order valence-corrected chi connectivity index (χ0v) is 8.76. The number of nitrogens with one attached hydrogen (secondary N) is 1. The van der Waals surface area contributed by atoms with Crippen molar-refractivity contribution in [3.8, 4) is 0 Å². The van der Waals surface area contributed by atoms with Gasteiger partial charge in [0, 0.05) is 11.6 Å². The number of benzene rings is 1. The van der Waals surface area contributed by atoms with E-state index in [9.17, 15) is 8.78 Å². The lowest BCUT2D eigenvalue weighted by atomic mass is 9.77. The molecule has 1 saturated carbocycles. The maximum absolute atomic E-state index is 13.5. The van der Waals surface area contributed by atoms with Crippen molar-refractivity contribution in [2.24, 2.45) is 5.92 Å². The lowest BCUT2D eigenvalue weighted by molar-refractivity contribution is 0.231. The van der Waals surface area contributed by atoms with Gasteiger partial charge in [-0.1, -0.05) is 12.5 Å². The molecule has 1 aliphatic carbocycles. The average Bonchev–Trinajstić information content (AvgIpc) is 2.12. The molecule has 82 valence electrons. The second-order valence-electron chi connectivity index (χ2n) is 4.09. The highest BCUT2D eigenvalue weighted by Gasteiger charge is 2.30. The molecule has 1 aromatic rings. The summed E-state index contributed by atoms with van der Waals surface area (Å²) in [5.74, 6) is -0.510. The number of hydrogen-bond donors (Lipinski definition) is 1. The fraction of sp³-hybridized carbons (Fsp3) is 0.500. The fourth-order valence-electron chi connectivity index (χ4n) is 2.20. The Balaban J connectivity index is 2.32. The summed E-state index contributed by atoms with van der Waals surface area (Å²) in [4.78, 5) is 0. The predicted octanol–water partition coefficient (Wildman–Crippen LogP) is 3.03. The minimum absolute atomic E-state index is 0.181. The Hall–Kier alpha value is -0.960. The van der Waals surface area contributed by atoms with E-state index < -0.39 is 11.6 Å². The van der Waals surface area contributed by atoms with E-state index >= 15 is 0 Å². The van der Waals surface area contributed by atoms with Gasteiger partial charge in [0.1, 0.15) is 11.6 Å². The van der Waals surface area contributed by atoms with Crippen molar-refractivity contribution in [3.63, 3.8) is 0 Å². The molecule has 0 spiro atoms. The quantitative estimate of drug-likeness (QED) is 0.810. The van der Waals surface area contributed by atoms with Crippen LogP contribution in [-0.2, 0) is 0 Å². The van der Waals surface area contributed by atoms with Crippen LogP contribution in [0.2, 0.25) is 0 Å². The molecule has 15 heavy (non-hydrogen) atoms.